The molecule has 0 amide bonds. The van der Waals surface area contributed by atoms with E-state index in [0.29, 0.717) is 12.1 Å². The molecule has 6 heteroatoms. The van der Waals surface area contributed by atoms with E-state index in [1.807, 2.05) is 19.1 Å². The molecule has 4 N–H and O–H groups in total. The summed E-state index contributed by atoms with van der Waals surface area (Å²) >= 11 is 0. The Morgan fingerprint density at radius 3 is 2.76 bits per heavy atom. The highest BCUT2D eigenvalue weighted by Crippen LogP contribution is 2.13. The number of nitrogens with two attached hydrogens (primary N) is 1. The van der Waals surface area contributed by atoms with E-state index in [-0.39, 0.29) is 11.9 Å². The van der Waals surface area contributed by atoms with Gasteiger partial charge in [0.1, 0.15) is 5.82 Å². The second kappa shape index (κ2) is 6.81. The van der Waals surface area contributed by atoms with Crippen molar-refractivity contribution >= 4 is 5.84 Å². The number of benzene rings is 1. The van der Waals surface area contributed by atoms with E-state index < -0.39 is 5.82 Å². The van der Waals surface area contributed by atoms with Gasteiger partial charge in [-0.15, -0.1) is 0 Å². The van der Waals surface area contributed by atoms with Crippen molar-refractivity contribution in [3.8, 4) is 0 Å². The molecule has 0 spiro atoms. The first-order chi connectivity index (χ1) is 10.1. The van der Waals surface area contributed by atoms with Gasteiger partial charge in [-0.05, 0) is 48.4 Å². The predicted octanol–water partition coefficient (Wildman–Crippen LogP) is 2.17. The van der Waals surface area contributed by atoms with Gasteiger partial charge in [0.05, 0.1) is 0 Å². The molecule has 0 unspecified atom stereocenters. The number of halogens is 1. The van der Waals surface area contributed by atoms with E-state index in [2.05, 4.69) is 15.5 Å². The summed E-state index contributed by atoms with van der Waals surface area (Å²) in [6, 6.07) is 8.27. The van der Waals surface area contributed by atoms with Crippen LogP contribution in [0.25, 0.3) is 0 Å². The van der Waals surface area contributed by atoms with Crippen molar-refractivity contribution in [2.45, 2.75) is 19.5 Å². The second-order valence-electron chi connectivity index (χ2n) is 4.72. The molecule has 0 aliphatic heterocycles. The lowest BCUT2D eigenvalue weighted by atomic mass is 10.1. The Morgan fingerprint density at radius 1 is 1.38 bits per heavy atom. The molecule has 0 aliphatic rings. The Hall–Kier alpha value is -2.47. The van der Waals surface area contributed by atoms with E-state index in [4.69, 9.17) is 10.9 Å². The van der Waals surface area contributed by atoms with Crippen LogP contribution in [-0.4, -0.2) is 16.0 Å². The molecule has 0 radical (unpaired) electrons. The SMILES string of the molecule is C[C@H](NCc1cc(F)cc(/C(N)=N/O)c1)c1ccncc1. The summed E-state index contributed by atoms with van der Waals surface area (Å²) in [7, 11) is 0. The third-order valence-electron chi connectivity index (χ3n) is 3.18. The molecule has 0 bridgehead atoms. The fraction of sp³-hybridized carbons (Fsp3) is 0.200. The van der Waals surface area contributed by atoms with Crippen LogP contribution < -0.4 is 11.1 Å². The highest BCUT2D eigenvalue weighted by molar-refractivity contribution is 5.97. The van der Waals surface area contributed by atoms with Crippen LogP contribution in [0.4, 0.5) is 4.39 Å². The van der Waals surface area contributed by atoms with Crippen LogP contribution in [0.3, 0.4) is 0 Å². The Balaban J connectivity index is 2.08. The highest BCUT2D eigenvalue weighted by atomic mass is 19.1. The monoisotopic (exact) mass is 288 g/mol. The largest absolute Gasteiger partial charge is 0.409 e. The molecule has 0 fully saturated rings. The number of aromatic nitrogens is 1. The Labute approximate surface area is 122 Å². The normalized spacial score (nSPS) is 13.1. The van der Waals surface area contributed by atoms with Gasteiger partial charge in [-0.2, -0.15) is 0 Å². The van der Waals surface area contributed by atoms with E-state index in [1.165, 1.54) is 12.1 Å². The van der Waals surface area contributed by atoms with Crippen LogP contribution in [0.15, 0.2) is 47.9 Å². The van der Waals surface area contributed by atoms with Crippen molar-refractivity contribution in [3.63, 3.8) is 0 Å². The second-order valence-corrected chi connectivity index (χ2v) is 4.72. The summed E-state index contributed by atoms with van der Waals surface area (Å²) < 4.78 is 13.5. The zero-order valence-corrected chi connectivity index (χ0v) is 11.6. The molecule has 1 heterocycles. The summed E-state index contributed by atoms with van der Waals surface area (Å²) in [5, 5.41) is 14.8. The van der Waals surface area contributed by atoms with Crippen molar-refractivity contribution in [2.24, 2.45) is 10.9 Å². The maximum absolute atomic E-state index is 13.5. The first-order valence-electron chi connectivity index (χ1n) is 6.51. The van der Waals surface area contributed by atoms with Gasteiger partial charge in [0, 0.05) is 30.5 Å². The fourth-order valence-corrected chi connectivity index (χ4v) is 2.00. The summed E-state index contributed by atoms with van der Waals surface area (Å²) in [6.07, 6.45) is 3.46. The van der Waals surface area contributed by atoms with Crippen LogP contribution in [-0.2, 0) is 6.54 Å². The van der Waals surface area contributed by atoms with E-state index in [9.17, 15) is 4.39 Å². The average Bonchev–Trinajstić information content (AvgIpc) is 2.52. The van der Waals surface area contributed by atoms with Crippen molar-refractivity contribution in [3.05, 3.63) is 65.2 Å². The van der Waals surface area contributed by atoms with Gasteiger partial charge in [0.25, 0.3) is 0 Å². The lowest BCUT2D eigenvalue weighted by molar-refractivity contribution is 0.318. The topological polar surface area (TPSA) is 83.5 Å². The maximum Gasteiger partial charge on any atom is 0.170 e. The molecule has 2 rings (SSSR count). The van der Waals surface area contributed by atoms with Crippen LogP contribution in [0.1, 0.15) is 29.7 Å². The van der Waals surface area contributed by atoms with Gasteiger partial charge in [0.15, 0.2) is 5.84 Å². The van der Waals surface area contributed by atoms with Crippen molar-refractivity contribution in [1.82, 2.24) is 10.3 Å². The summed E-state index contributed by atoms with van der Waals surface area (Å²) in [6.45, 7) is 2.48. The smallest absolute Gasteiger partial charge is 0.170 e. The minimum absolute atomic E-state index is 0.101. The van der Waals surface area contributed by atoms with E-state index in [0.717, 1.165) is 11.1 Å². The van der Waals surface area contributed by atoms with Gasteiger partial charge < -0.3 is 16.3 Å². The van der Waals surface area contributed by atoms with Crippen molar-refractivity contribution in [1.29, 1.82) is 0 Å². The van der Waals surface area contributed by atoms with Gasteiger partial charge in [0.2, 0.25) is 0 Å². The number of hydrogen-bond donors (Lipinski definition) is 3. The maximum atomic E-state index is 13.5. The molecule has 110 valence electrons. The number of amidine groups is 1. The zero-order valence-electron chi connectivity index (χ0n) is 11.6. The number of hydrogen-bond acceptors (Lipinski definition) is 4. The molecule has 0 saturated carbocycles. The minimum atomic E-state index is -0.424. The molecule has 5 nitrogen and oxygen atoms in total. The lowest BCUT2D eigenvalue weighted by Crippen LogP contribution is -2.19. The van der Waals surface area contributed by atoms with E-state index in [1.54, 1.807) is 18.5 Å². The Bertz CT molecular complexity index is 631. The Kier molecular flexibility index (Phi) is 4.84. The lowest BCUT2D eigenvalue weighted by Gasteiger charge is -2.14. The Morgan fingerprint density at radius 2 is 2.10 bits per heavy atom. The number of nitrogens with one attached hydrogen (secondary N) is 1. The average molecular weight is 288 g/mol. The fourth-order valence-electron chi connectivity index (χ4n) is 2.00. The molecule has 1 aromatic heterocycles. The quantitative estimate of drug-likeness (QED) is 0.341. The molecule has 1 atom stereocenters. The molecule has 21 heavy (non-hydrogen) atoms. The van der Waals surface area contributed by atoms with Crippen LogP contribution >= 0.6 is 0 Å². The van der Waals surface area contributed by atoms with Gasteiger partial charge >= 0.3 is 0 Å². The van der Waals surface area contributed by atoms with Crippen LogP contribution in [0.5, 0.6) is 0 Å². The molecule has 0 saturated heterocycles. The first kappa shape index (κ1) is 14.9. The van der Waals surface area contributed by atoms with Crippen molar-refractivity contribution in [2.75, 3.05) is 0 Å². The summed E-state index contributed by atoms with van der Waals surface area (Å²) in [4.78, 5) is 3.97. The number of oxime groups is 1. The van der Waals surface area contributed by atoms with E-state index >= 15 is 0 Å². The van der Waals surface area contributed by atoms with Gasteiger partial charge in [-0.1, -0.05) is 5.16 Å². The van der Waals surface area contributed by atoms with Gasteiger partial charge in [-0.3, -0.25) is 4.98 Å². The molecule has 2 aromatic rings. The zero-order chi connectivity index (χ0) is 15.2. The highest BCUT2D eigenvalue weighted by Gasteiger charge is 2.07. The third kappa shape index (κ3) is 4.00. The summed E-state index contributed by atoms with van der Waals surface area (Å²) in [5.74, 6) is -0.537. The number of pyridine rings is 1. The van der Waals surface area contributed by atoms with Gasteiger partial charge in [-0.25, -0.2) is 4.39 Å². The summed E-state index contributed by atoms with van der Waals surface area (Å²) in [5.41, 5.74) is 7.65. The molecular formula is C15H17FN4O. The van der Waals surface area contributed by atoms with Crippen LogP contribution in [0.2, 0.25) is 0 Å². The van der Waals surface area contributed by atoms with Crippen molar-refractivity contribution < 1.29 is 9.60 Å². The molecule has 0 aliphatic carbocycles. The first-order valence-corrected chi connectivity index (χ1v) is 6.51. The third-order valence-corrected chi connectivity index (χ3v) is 3.18. The van der Waals surface area contributed by atoms with Crippen LogP contribution in [0, 0.1) is 5.82 Å². The standard InChI is InChI=1S/C15H17FN4O/c1-10(12-2-4-18-5-3-12)19-9-11-6-13(15(17)20-21)8-14(16)7-11/h2-8,10,19,21H,9H2,1H3,(H2,17,20)/t10-/m0/s1. The molecule has 1 aromatic carbocycles. The molecular weight excluding hydrogens is 271 g/mol. The number of rotatable bonds is 5. The minimum Gasteiger partial charge on any atom is -0.409 e. The predicted molar refractivity (Wildman–Crippen MR) is 78.4 cm³/mol. The number of nitrogens with zero attached hydrogens (tertiary/aromatic N) is 2.